The molecule has 0 N–H and O–H groups in total. The molecular weight excluding hydrogens is 366 g/mol. The van der Waals surface area contributed by atoms with Crippen LogP contribution >= 0.6 is 22.6 Å². The molecule has 20 heavy (non-hydrogen) atoms. The summed E-state index contributed by atoms with van der Waals surface area (Å²) in [4.78, 5) is 0. The molecule has 0 radical (unpaired) electrons. The van der Waals surface area contributed by atoms with E-state index in [2.05, 4.69) is 29.5 Å². The molecule has 1 aromatic carbocycles. The highest BCUT2D eigenvalue weighted by Gasteiger charge is 2.34. The Kier molecular flexibility index (Phi) is 5.84. The van der Waals surface area contributed by atoms with Crippen LogP contribution in [0.15, 0.2) is 24.3 Å². The lowest BCUT2D eigenvalue weighted by Gasteiger charge is -2.37. The van der Waals surface area contributed by atoms with Crippen molar-refractivity contribution in [2.24, 2.45) is 5.92 Å². The third kappa shape index (κ3) is 3.73. The van der Waals surface area contributed by atoms with Crippen LogP contribution in [0.1, 0.15) is 51.5 Å². The zero-order chi connectivity index (χ0) is 14.6. The van der Waals surface area contributed by atoms with Gasteiger partial charge in [-0.05, 0) is 31.7 Å². The normalized spacial score (nSPS) is 26.2. The summed E-state index contributed by atoms with van der Waals surface area (Å²) in [6, 6.07) is 7.01. The second-order valence-corrected chi connectivity index (χ2v) is 6.79. The zero-order valence-corrected chi connectivity index (χ0v) is 14.5. The van der Waals surface area contributed by atoms with Gasteiger partial charge in [0.05, 0.1) is 6.10 Å². The summed E-state index contributed by atoms with van der Waals surface area (Å²) in [6.45, 7) is 4.27. The molecule has 0 aliphatic heterocycles. The summed E-state index contributed by atoms with van der Waals surface area (Å²) in [6.07, 6.45) is 6.27. The molecule has 0 spiro atoms. The van der Waals surface area contributed by atoms with Crippen molar-refractivity contribution in [1.29, 1.82) is 0 Å². The van der Waals surface area contributed by atoms with Crippen molar-refractivity contribution in [2.45, 2.75) is 57.7 Å². The summed E-state index contributed by atoms with van der Waals surface area (Å²) >= 11 is 2.31. The van der Waals surface area contributed by atoms with Gasteiger partial charge in [0.2, 0.25) is 0 Å². The molecule has 0 amide bonds. The molecule has 1 aromatic rings. The van der Waals surface area contributed by atoms with Gasteiger partial charge in [0.15, 0.2) is 0 Å². The van der Waals surface area contributed by atoms with Gasteiger partial charge in [0.1, 0.15) is 11.4 Å². The number of alkyl halides is 1. The molecule has 0 bridgehead atoms. The molecule has 0 saturated heterocycles. The summed E-state index contributed by atoms with van der Waals surface area (Å²) < 4.78 is 21.2. The lowest BCUT2D eigenvalue weighted by molar-refractivity contribution is -0.0934. The first-order valence-corrected chi connectivity index (χ1v) is 9.10. The van der Waals surface area contributed by atoms with Crippen molar-refractivity contribution >= 4 is 22.6 Å². The minimum atomic E-state index is -0.522. The Balaban J connectivity index is 2.13. The van der Waals surface area contributed by atoms with E-state index in [9.17, 15) is 4.39 Å². The van der Waals surface area contributed by atoms with Crippen LogP contribution in [-0.4, -0.2) is 10.5 Å². The second-order valence-electron chi connectivity index (χ2n) is 6.03. The van der Waals surface area contributed by atoms with Gasteiger partial charge in [-0.3, -0.25) is 0 Å². The number of halogens is 2. The first-order chi connectivity index (χ1) is 9.59. The average molecular weight is 390 g/mol. The first kappa shape index (κ1) is 16.2. The molecular formula is C17H24FIO. The summed E-state index contributed by atoms with van der Waals surface area (Å²) in [7, 11) is 0. The maximum Gasteiger partial charge on any atom is 0.129 e. The van der Waals surface area contributed by atoms with Crippen molar-refractivity contribution in [2.75, 3.05) is 4.43 Å². The number of benzene rings is 1. The minimum absolute atomic E-state index is 0.158. The van der Waals surface area contributed by atoms with Crippen molar-refractivity contribution in [1.82, 2.24) is 0 Å². The van der Waals surface area contributed by atoms with E-state index in [1.165, 1.54) is 25.3 Å². The Bertz CT molecular complexity index is 437. The smallest absolute Gasteiger partial charge is 0.129 e. The van der Waals surface area contributed by atoms with Crippen molar-refractivity contribution in [3.63, 3.8) is 0 Å². The van der Waals surface area contributed by atoms with E-state index in [4.69, 9.17) is 4.74 Å². The molecule has 1 fully saturated rings. The monoisotopic (exact) mass is 390 g/mol. The fourth-order valence-corrected chi connectivity index (χ4v) is 3.74. The molecule has 2 rings (SSSR count). The fourth-order valence-electron chi connectivity index (χ4n) is 3.14. The van der Waals surface area contributed by atoms with Gasteiger partial charge in [-0.25, -0.2) is 4.39 Å². The Hall–Kier alpha value is -0.160. The fraction of sp³-hybridized carbons (Fsp3) is 0.647. The number of ether oxygens (including phenoxy) is 1. The van der Waals surface area contributed by atoms with E-state index in [0.717, 1.165) is 23.2 Å². The van der Waals surface area contributed by atoms with E-state index >= 15 is 0 Å². The molecule has 3 heteroatoms. The van der Waals surface area contributed by atoms with E-state index in [-0.39, 0.29) is 11.9 Å². The largest absolute Gasteiger partial charge is 0.366 e. The highest BCUT2D eigenvalue weighted by atomic mass is 127. The number of hydrogen-bond donors (Lipinski definition) is 0. The van der Waals surface area contributed by atoms with Gasteiger partial charge in [-0.2, -0.15) is 0 Å². The SMILES string of the molecule is CCC1CCCC(OC(C)(CI)c2ccccc2F)C1. The molecule has 0 heterocycles. The number of rotatable bonds is 5. The van der Waals surface area contributed by atoms with Gasteiger partial charge in [-0.1, -0.05) is 67.0 Å². The van der Waals surface area contributed by atoms with Crippen LogP contribution in [0.3, 0.4) is 0 Å². The quantitative estimate of drug-likeness (QED) is 0.479. The Labute approximate surface area is 135 Å². The van der Waals surface area contributed by atoms with E-state index in [1.807, 2.05) is 19.1 Å². The zero-order valence-electron chi connectivity index (χ0n) is 12.4. The van der Waals surface area contributed by atoms with Crippen LogP contribution in [0.5, 0.6) is 0 Å². The third-order valence-electron chi connectivity index (χ3n) is 4.44. The van der Waals surface area contributed by atoms with Crippen molar-refractivity contribution < 1.29 is 9.13 Å². The maximum atomic E-state index is 14.1. The van der Waals surface area contributed by atoms with Gasteiger partial charge in [-0.15, -0.1) is 0 Å². The highest BCUT2D eigenvalue weighted by molar-refractivity contribution is 14.1. The molecule has 3 atom stereocenters. The first-order valence-electron chi connectivity index (χ1n) is 7.58. The lowest BCUT2D eigenvalue weighted by atomic mass is 9.85. The Morgan fingerprint density at radius 2 is 2.10 bits per heavy atom. The summed E-state index contributed by atoms with van der Waals surface area (Å²) in [5.41, 5.74) is 0.166. The molecule has 1 nitrogen and oxygen atoms in total. The van der Waals surface area contributed by atoms with Gasteiger partial charge in [0.25, 0.3) is 0 Å². The van der Waals surface area contributed by atoms with E-state index in [1.54, 1.807) is 6.07 Å². The minimum Gasteiger partial charge on any atom is -0.366 e. The molecule has 0 aromatic heterocycles. The van der Waals surface area contributed by atoms with Gasteiger partial charge >= 0.3 is 0 Å². The van der Waals surface area contributed by atoms with Crippen LogP contribution in [0.2, 0.25) is 0 Å². The number of hydrogen-bond acceptors (Lipinski definition) is 1. The van der Waals surface area contributed by atoms with Crippen LogP contribution in [0, 0.1) is 11.7 Å². The Morgan fingerprint density at radius 1 is 1.35 bits per heavy atom. The Morgan fingerprint density at radius 3 is 2.75 bits per heavy atom. The van der Waals surface area contributed by atoms with Gasteiger partial charge < -0.3 is 4.74 Å². The third-order valence-corrected chi connectivity index (χ3v) is 5.89. The standard InChI is InChI=1S/C17H24FIO/c1-3-13-7-6-8-14(11-13)20-17(2,12-19)15-9-4-5-10-16(15)18/h4-5,9-10,13-14H,3,6-8,11-12H2,1-2H3. The predicted octanol–water partition coefficient (Wildman–Crippen LogP) is 5.46. The van der Waals surface area contributed by atoms with Gasteiger partial charge in [0, 0.05) is 9.99 Å². The van der Waals surface area contributed by atoms with E-state index in [0.29, 0.717) is 5.56 Å². The second kappa shape index (κ2) is 7.21. The highest BCUT2D eigenvalue weighted by Crippen LogP contribution is 2.36. The van der Waals surface area contributed by atoms with E-state index < -0.39 is 5.60 Å². The molecule has 1 aliphatic rings. The lowest BCUT2D eigenvalue weighted by Crippen LogP contribution is -2.36. The van der Waals surface area contributed by atoms with Crippen molar-refractivity contribution in [3.05, 3.63) is 35.6 Å². The summed E-state index contributed by atoms with van der Waals surface area (Å²) in [5.74, 6) is 0.613. The molecule has 1 saturated carbocycles. The predicted molar refractivity (Wildman–Crippen MR) is 89.8 cm³/mol. The summed E-state index contributed by atoms with van der Waals surface area (Å²) in [5, 5.41) is 0. The average Bonchev–Trinajstić information content (AvgIpc) is 2.47. The molecule has 1 aliphatic carbocycles. The van der Waals surface area contributed by atoms with Crippen LogP contribution < -0.4 is 0 Å². The molecule has 3 unspecified atom stereocenters. The van der Waals surface area contributed by atoms with Crippen molar-refractivity contribution in [3.8, 4) is 0 Å². The maximum absolute atomic E-state index is 14.1. The van der Waals surface area contributed by atoms with Crippen LogP contribution in [0.25, 0.3) is 0 Å². The van der Waals surface area contributed by atoms with Crippen LogP contribution in [-0.2, 0) is 10.3 Å². The van der Waals surface area contributed by atoms with Crippen LogP contribution in [0.4, 0.5) is 4.39 Å². The topological polar surface area (TPSA) is 9.23 Å². The molecule has 112 valence electrons.